The molecule has 150 valence electrons. The lowest BCUT2D eigenvalue weighted by Gasteiger charge is -2.17. The van der Waals surface area contributed by atoms with E-state index in [0.717, 1.165) is 6.54 Å². The van der Waals surface area contributed by atoms with Gasteiger partial charge < -0.3 is 34.3 Å². The summed E-state index contributed by atoms with van der Waals surface area (Å²) in [6.07, 6.45) is -1.36. The number of hydrogen-bond acceptors (Lipinski definition) is 7. The van der Waals surface area contributed by atoms with Crippen molar-refractivity contribution in [2.45, 2.75) is 19.2 Å². The van der Waals surface area contributed by atoms with E-state index in [1.807, 2.05) is 7.05 Å². The van der Waals surface area contributed by atoms with Crippen LogP contribution in [-0.4, -0.2) is 98.3 Å². The van der Waals surface area contributed by atoms with Crippen molar-refractivity contribution >= 4 is 6.41 Å². The number of carbonyl (C=O) groups is 1. The van der Waals surface area contributed by atoms with Crippen LogP contribution in [0.2, 0.25) is 0 Å². The Morgan fingerprint density at radius 3 is 1.84 bits per heavy atom. The lowest BCUT2D eigenvalue weighted by molar-refractivity contribution is -0.110. The van der Waals surface area contributed by atoms with Crippen LogP contribution in [0.1, 0.15) is 6.92 Å². The normalized spacial score (nSPS) is 13.6. The molecule has 0 rings (SSSR count). The molecule has 0 aliphatic carbocycles. The summed E-state index contributed by atoms with van der Waals surface area (Å²) in [5, 5.41) is 5.27. The molecule has 2 unspecified atom stereocenters. The number of amides is 1. The van der Waals surface area contributed by atoms with Crippen LogP contribution in [0.15, 0.2) is 0 Å². The Kier molecular flexibility index (Phi) is 18.8. The molecule has 0 spiro atoms. The van der Waals surface area contributed by atoms with Crippen molar-refractivity contribution in [3.05, 3.63) is 0 Å². The van der Waals surface area contributed by atoms with E-state index in [9.17, 15) is 9.18 Å². The second kappa shape index (κ2) is 19.5. The van der Waals surface area contributed by atoms with E-state index in [4.69, 9.17) is 23.7 Å². The minimum absolute atomic E-state index is 0.0521. The zero-order valence-corrected chi connectivity index (χ0v) is 15.3. The maximum absolute atomic E-state index is 13.4. The van der Waals surface area contributed by atoms with Crippen LogP contribution in [0.3, 0.4) is 0 Å². The van der Waals surface area contributed by atoms with Gasteiger partial charge in [-0.2, -0.15) is 0 Å². The second-order valence-electron chi connectivity index (χ2n) is 5.17. The average Bonchev–Trinajstić information content (AvgIpc) is 2.62. The van der Waals surface area contributed by atoms with Gasteiger partial charge in [-0.3, -0.25) is 4.79 Å². The van der Waals surface area contributed by atoms with E-state index in [0.29, 0.717) is 65.9 Å². The monoisotopic (exact) mass is 368 g/mol. The maximum Gasteiger partial charge on any atom is 0.207 e. The van der Waals surface area contributed by atoms with Gasteiger partial charge in [-0.25, -0.2) is 4.39 Å². The lowest BCUT2D eigenvalue weighted by atomic mass is 10.2. The predicted molar refractivity (Wildman–Crippen MR) is 91.6 cm³/mol. The molecular formula is C16H33FN2O6. The van der Waals surface area contributed by atoms with Crippen LogP contribution < -0.4 is 10.6 Å². The summed E-state index contributed by atoms with van der Waals surface area (Å²) < 4.78 is 40.0. The highest BCUT2D eigenvalue weighted by Crippen LogP contribution is 2.02. The minimum Gasteiger partial charge on any atom is -0.378 e. The first-order valence-electron chi connectivity index (χ1n) is 8.60. The summed E-state index contributed by atoms with van der Waals surface area (Å²) >= 11 is 0. The van der Waals surface area contributed by atoms with E-state index >= 15 is 0 Å². The topological polar surface area (TPSA) is 87.3 Å². The van der Waals surface area contributed by atoms with E-state index in [2.05, 4.69) is 10.6 Å². The van der Waals surface area contributed by atoms with Crippen LogP contribution >= 0.6 is 0 Å². The van der Waals surface area contributed by atoms with Crippen LogP contribution in [0.25, 0.3) is 0 Å². The third kappa shape index (κ3) is 17.8. The molecule has 8 nitrogen and oxygen atoms in total. The first kappa shape index (κ1) is 24.2. The van der Waals surface area contributed by atoms with E-state index in [-0.39, 0.29) is 6.54 Å². The molecule has 0 aromatic carbocycles. The molecule has 25 heavy (non-hydrogen) atoms. The van der Waals surface area contributed by atoms with E-state index in [1.54, 1.807) is 6.92 Å². The highest BCUT2D eigenvalue weighted by atomic mass is 19.1. The second-order valence-corrected chi connectivity index (χ2v) is 5.17. The molecule has 2 N–H and O–H groups in total. The van der Waals surface area contributed by atoms with Crippen LogP contribution in [0.4, 0.5) is 4.39 Å². The molecular weight excluding hydrogens is 335 g/mol. The third-order valence-corrected chi connectivity index (χ3v) is 3.13. The zero-order valence-electron chi connectivity index (χ0n) is 15.3. The van der Waals surface area contributed by atoms with Gasteiger partial charge in [0.05, 0.1) is 72.1 Å². The highest BCUT2D eigenvalue weighted by Gasteiger charge is 2.15. The third-order valence-electron chi connectivity index (χ3n) is 3.13. The van der Waals surface area contributed by atoms with Gasteiger partial charge in [0.1, 0.15) is 6.17 Å². The quantitative estimate of drug-likeness (QED) is 0.227. The average molecular weight is 368 g/mol. The zero-order chi connectivity index (χ0) is 18.6. The minimum atomic E-state index is -1.23. The lowest BCUT2D eigenvalue weighted by Crippen LogP contribution is -2.33. The number of halogens is 1. The fourth-order valence-corrected chi connectivity index (χ4v) is 1.66. The SMILES string of the molecule is CNCCOCCOCCOCCOCCOC(C)C(F)CNC=O. The Morgan fingerprint density at radius 1 is 0.880 bits per heavy atom. The Hall–Kier alpha value is -0.840. The molecule has 2 atom stereocenters. The number of carbonyl (C=O) groups excluding carboxylic acids is 1. The van der Waals surface area contributed by atoms with Gasteiger partial charge in [0.25, 0.3) is 0 Å². The molecule has 0 aliphatic rings. The number of likely N-dealkylation sites (N-methyl/N-ethyl adjacent to an activating group) is 1. The summed E-state index contributed by atoms with van der Waals surface area (Å²) in [6.45, 7) is 6.78. The van der Waals surface area contributed by atoms with Gasteiger partial charge in [0.15, 0.2) is 0 Å². The van der Waals surface area contributed by atoms with Crippen molar-refractivity contribution in [3.8, 4) is 0 Å². The maximum atomic E-state index is 13.4. The van der Waals surface area contributed by atoms with Crippen molar-refractivity contribution in [2.75, 3.05) is 79.6 Å². The van der Waals surface area contributed by atoms with E-state index in [1.165, 1.54) is 0 Å². The molecule has 0 fully saturated rings. The smallest absolute Gasteiger partial charge is 0.207 e. The first-order valence-corrected chi connectivity index (χ1v) is 8.60. The molecule has 0 radical (unpaired) electrons. The molecule has 1 amide bonds. The van der Waals surface area contributed by atoms with Crippen molar-refractivity contribution in [1.29, 1.82) is 0 Å². The van der Waals surface area contributed by atoms with Crippen molar-refractivity contribution in [1.82, 2.24) is 10.6 Å². The molecule has 0 saturated carbocycles. The van der Waals surface area contributed by atoms with Gasteiger partial charge in [0.2, 0.25) is 6.41 Å². The number of ether oxygens (including phenoxy) is 5. The van der Waals surface area contributed by atoms with Crippen molar-refractivity contribution < 1.29 is 32.9 Å². The van der Waals surface area contributed by atoms with Gasteiger partial charge in [-0.05, 0) is 14.0 Å². The van der Waals surface area contributed by atoms with Gasteiger partial charge in [-0.15, -0.1) is 0 Å². The van der Waals surface area contributed by atoms with Crippen LogP contribution in [0.5, 0.6) is 0 Å². The summed E-state index contributed by atoms with van der Waals surface area (Å²) in [5.74, 6) is 0. The first-order chi connectivity index (χ1) is 12.2. The summed E-state index contributed by atoms with van der Waals surface area (Å²) in [5.41, 5.74) is 0. The molecule has 0 aromatic heterocycles. The fourth-order valence-electron chi connectivity index (χ4n) is 1.66. The Morgan fingerprint density at radius 2 is 1.36 bits per heavy atom. The van der Waals surface area contributed by atoms with Crippen molar-refractivity contribution in [2.24, 2.45) is 0 Å². The molecule has 9 heteroatoms. The Balaban J connectivity index is 3.17. The molecule has 0 aliphatic heterocycles. The summed E-state index contributed by atoms with van der Waals surface area (Å²) in [6, 6.07) is 0. The van der Waals surface area contributed by atoms with Crippen molar-refractivity contribution in [3.63, 3.8) is 0 Å². The number of rotatable bonds is 20. The molecule has 0 aromatic rings. The van der Waals surface area contributed by atoms with Crippen LogP contribution in [0, 0.1) is 0 Å². The Labute approximate surface area is 149 Å². The molecule has 0 heterocycles. The fraction of sp³-hybridized carbons (Fsp3) is 0.938. The van der Waals surface area contributed by atoms with Gasteiger partial charge in [-0.1, -0.05) is 0 Å². The van der Waals surface area contributed by atoms with Gasteiger partial charge in [0, 0.05) is 6.54 Å². The van der Waals surface area contributed by atoms with Gasteiger partial charge >= 0.3 is 0 Å². The van der Waals surface area contributed by atoms with Crippen LogP contribution in [-0.2, 0) is 28.5 Å². The largest absolute Gasteiger partial charge is 0.378 e. The number of hydrogen-bond donors (Lipinski definition) is 2. The highest BCUT2D eigenvalue weighted by molar-refractivity contribution is 5.45. The summed E-state index contributed by atoms with van der Waals surface area (Å²) in [7, 11) is 1.88. The number of nitrogens with one attached hydrogen (secondary N) is 2. The Bertz CT molecular complexity index is 289. The standard InChI is InChI=1S/C16H33FN2O6/c1-15(16(17)13-19-14-20)25-12-11-24-10-9-23-8-7-22-6-5-21-4-3-18-2/h14-16,18H,3-13H2,1-2H3,(H,19,20). The van der Waals surface area contributed by atoms with E-state index < -0.39 is 12.3 Å². The predicted octanol–water partition coefficient (Wildman–Crippen LogP) is -0.239. The molecule has 0 bridgehead atoms. The molecule has 0 saturated heterocycles. The number of alkyl halides is 1. The summed E-state index contributed by atoms with van der Waals surface area (Å²) in [4.78, 5) is 10.1.